The van der Waals surface area contributed by atoms with E-state index >= 15 is 0 Å². The van der Waals surface area contributed by atoms with Crippen LogP contribution in [0.3, 0.4) is 0 Å². The van der Waals surface area contributed by atoms with Crippen LogP contribution in [-0.2, 0) is 13.5 Å². The molecule has 6 heteroatoms. The first-order valence-electron chi connectivity index (χ1n) is 9.05. The molecule has 1 aromatic rings. The van der Waals surface area contributed by atoms with Crippen LogP contribution in [0.2, 0.25) is 0 Å². The third-order valence-electron chi connectivity index (χ3n) is 5.11. The van der Waals surface area contributed by atoms with Crippen molar-refractivity contribution in [1.82, 2.24) is 20.4 Å². The highest BCUT2D eigenvalue weighted by Gasteiger charge is 2.14. The van der Waals surface area contributed by atoms with E-state index in [1.807, 2.05) is 18.8 Å². The highest BCUT2D eigenvalue weighted by atomic mass is 127. The average molecular weight is 447 g/mol. The third-order valence-corrected chi connectivity index (χ3v) is 5.11. The van der Waals surface area contributed by atoms with Gasteiger partial charge in [0.05, 0.1) is 5.69 Å². The number of aromatic nitrogens is 2. The monoisotopic (exact) mass is 447 g/mol. The molecule has 2 N–H and O–H groups in total. The van der Waals surface area contributed by atoms with Crippen molar-refractivity contribution in [2.75, 3.05) is 20.1 Å². The van der Waals surface area contributed by atoms with Gasteiger partial charge in [0, 0.05) is 32.9 Å². The normalized spacial score (nSPS) is 15.4. The van der Waals surface area contributed by atoms with E-state index in [1.165, 1.54) is 49.8 Å². The SMILES string of the molecule is CN=C(NCCCC1CCCC1)NCCc1c(C)nn(C)c1C.I. The van der Waals surface area contributed by atoms with Gasteiger partial charge in [-0.25, -0.2) is 0 Å². The molecule has 1 aliphatic rings. The Bertz CT molecular complexity index is 518. The summed E-state index contributed by atoms with van der Waals surface area (Å²) in [5, 5.41) is 11.3. The summed E-state index contributed by atoms with van der Waals surface area (Å²) in [5.41, 5.74) is 3.73. The van der Waals surface area contributed by atoms with E-state index in [0.717, 1.165) is 37.1 Å². The maximum atomic E-state index is 4.47. The van der Waals surface area contributed by atoms with Crippen LogP contribution in [0.1, 0.15) is 55.5 Å². The Kier molecular flexibility index (Phi) is 9.69. The predicted molar refractivity (Wildman–Crippen MR) is 112 cm³/mol. The minimum absolute atomic E-state index is 0. The molecule has 0 aliphatic heterocycles. The Morgan fingerprint density at radius 3 is 2.46 bits per heavy atom. The third kappa shape index (κ3) is 6.26. The van der Waals surface area contributed by atoms with Gasteiger partial charge in [-0.1, -0.05) is 25.7 Å². The number of hydrogen-bond donors (Lipinski definition) is 2. The first-order chi connectivity index (χ1) is 11.1. The number of aliphatic imine (C=N–C) groups is 1. The molecule has 24 heavy (non-hydrogen) atoms. The fourth-order valence-electron chi connectivity index (χ4n) is 3.60. The Morgan fingerprint density at radius 2 is 1.88 bits per heavy atom. The van der Waals surface area contributed by atoms with Gasteiger partial charge in [0.2, 0.25) is 0 Å². The molecule has 138 valence electrons. The van der Waals surface area contributed by atoms with Crippen molar-refractivity contribution in [2.45, 2.75) is 58.8 Å². The number of guanidine groups is 1. The van der Waals surface area contributed by atoms with Crippen molar-refractivity contribution in [3.05, 3.63) is 17.0 Å². The van der Waals surface area contributed by atoms with E-state index < -0.39 is 0 Å². The van der Waals surface area contributed by atoms with Crippen molar-refractivity contribution >= 4 is 29.9 Å². The van der Waals surface area contributed by atoms with Crippen molar-refractivity contribution in [3.63, 3.8) is 0 Å². The summed E-state index contributed by atoms with van der Waals surface area (Å²) in [5.74, 6) is 1.89. The van der Waals surface area contributed by atoms with E-state index in [4.69, 9.17) is 0 Å². The lowest BCUT2D eigenvalue weighted by atomic mass is 10.0. The lowest BCUT2D eigenvalue weighted by Crippen LogP contribution is -2.38. The average Bonchev–Trinajstić information content (AvgIpc) is 3.13. The fraction of sp³-hybridized carbons (Fsp3) is 0.778. The van der Waals surface area contributed by atoms with Crippen LogP contribution < -0.4 is 10.6 Å². The summed E-state index contributed by atoms with van der Waals surface area (Å²) in [6.45, 7) is 6.11. The molecule has 1 saturated carbocycles. The second-order valence-electron chi connectivity index (χ2n) is 6.74. The van der Waals surface area contributed by atoms with Gasteiger partial charge in [-0.05, 0) is 44.6 Å². The summed E-state index contributed by atoms with van der Waals surface area (Å²) in [4.78, 5) is 4.31. The molecule has 0 spiro atoms. The van der Waals surface area contributed by atoms with Gasteiger partial charge >= 0.3 is 0 Å². The zero-order valence-corrected chi connectivity index (χ0v) is 18.0. The van der Waals surface area contributed by atoms with Crippen molar-refractivity contribution in [1.29, 1.82) is 0 Å². The summed E-state index contributed by atoms with van der Waals surface area (Å²) >= 11 is 0. The standard InChI is InChI=1S/C18H33N5.HI/c1-14-17(15(2)23(4)22-14)11-13-21-18(19-3)20-12-7-10-16-8-5-6-9-16;/h16H,5-13H2,1-4H3,(H2,19,20,21);1H. The minimum atomic E-state index is 0. The number of halogens is 1. The zero-order chi connectivity index (χ0) is 16.7. The van der Waals surface area contributed by atoms with Gasteiger partial charge in [0.25, 0.3) is 0 Å². The number of aryl methyl sites for hydroxylation is 2. The van der Waals surface area contributed by atoms with Crippen LogP contribution in [0.15, 0.2) is 4.99 Å². The molecular formula is C18H34IN5. The highest BCUT2D eigenvalue weighted by Crippen LogP contribution is 2.28. The molecule has 0 atom stereocenters. The van der Waals surface area contributed by atoms with Gasteiger partial charge in [0.1, 0.15) is 0 Å². The lowest BCUT2D eigenvalue weighted by Gasteiger charge is -2.13. The summed E-state index contributed by atoms with van der Waals surface area (Å²) in [7, 11) is 3.84. The topological polar surface area (TPSA) is 54.2 Å². The van der Waals surface area contributed by atoms with Gasteiger partial charge in [-0.15, -0.1) is 24.0 Å². The van der Waals surface area contributed by atoms with E-state index in [1.54, 1.807) is 0 Å². The smallest absolute Gasteiger partial charge is 0.190 e. The first kappa shape index (κ1) is 21.3. The quantitative estimate of drug-likeness (QED) is 0.292. The maximum Gasteiger partial charge on any atom is 0.190 e. The van der Waals surface area contributed by atoms with Crippen molar-refractivity contribution in [3.8, 4) is 0 Å². The van der Waals surface area contributed by atoms with Crippen molar-refractivity contribution < 1.29 is 0 Å². The van der Waals surface area contributed by atoms with E-state index in [2.05, 4.69) is 34.6 Å². The summed E-state index contributed by atoms with van der Waals surface area (Å²) in [6, 6.07) is 0. The van der Waals surface area contributed by atoms with Crippen LogP contribution in [0.5, 0.6) is 0 Å². The predicted octanol–water partition coefficient (Wildman–Crippen LogP) is 3.33. The molecule has 1 fully saturated rings. The van der Waals surface area contributed by atoms with Crippen LogP contribution in [0.4, 0.5) is 0 Å². The molecule has 2 rings (SSSR count). The van der Waals surface area contributed by atoms with Crippen LogP contribution in [0.25, 0.3) is 0 Å². The Labute approximate surface area is 164 Å². The molecule has 0 radical (unpaired) electrons. The second kappa shape index (κ2) is 10.9. The maximum absolute atomic E-state index is 4.47. The molecular weight excluding hydrogens is 413 g/mol. The van der Waals surface area contributed by atoms with E-state index in [9.17, 15) is 0 Å². The Balaban J connectivity index is 0.00000288. The molecule has 5 nitrogen and oxygen atoms in total. The van der Waals surface area contributed by atoms with Crippen LogP contribution in [-0.4, -0.2) is 35.9 Å². The second-order valence-corrected chi connectivity index (χ2v) is 6.74. The van der Waals surface area contributed by atoms with Gasteiger partial charge in [-0.3, -0.25) is 9.67 Å². The van der Waals surface area contributed by atoms with E-state index in [-0.39, 0.29) is 24.0 Å². The first-order valence-corrected chi connectivity index (χ1v) is 9.05. The lowest BCUT2D eigenvalue weighted by molar-refractivity contribution is 0.481. The van der Waals surface area contributed by atoms with Gasteiger partial charge in [-0.2, -0.15) is 5.10 Å². The van der Waals surface area contributed by atoms with E-state index in [0.29, 0.717) is 0 Å². The molecule has 0 unspecified atom stereocenters. The Morgan fingerprint density at radius 1 is 1.21 bits per heavy atom. The minimum Gasteiger partial charge on any atom is -0.356 e. The summed E-state index contributed by atoms with van der Waals surface area (Å²) in [6.07, 6.45) is 9.34. The number of hydrogen-bond acceptors (Lipinski definition) is 2. The number of rotatable bonds is 7. The molecule has 1 aliphatic carbocycles. The molecule has 1 aromatic heterocycles. The van der Waals surface area contributed by atoms with Gasteiger partial charge in [0.15, 0.2) is 5.96 Å². The van der Waals surface area contributed by atoms with Crippen LogP contribution >= 0.6 is 24.0 Å². The van der Waals surface area contributed by atoms with Crippen LogP contribution in [0, 0.1) is 19.8 Å². The van der Waals surface area contributed by atoms with Gasteiger partial charge < -0.3 is 10.6 Å². The Hall–Kier alpha value is -0.790. The molecule has 0 saturated heterocycles. The summed E-state index contributed by atoms with van der Waals surface area (Å²) < 4.78 is 1.96. The van der Waals surface area contributed by atoms with Crippen molar-refractivity contribution in [2.24, 2.45) is 18.0 Å². The number of nitrogens with zero attached hydrogens (tertiary/aromatic N) is 3. The fourth-order valence-corrected chi connectivity index (χ4v) is 3.60. The molecule has 0 amide bonds. The largest absolute Gasteiger partial charge is 0.356 e. The number of nitrogens with one attached hydrogen (secondary N) is 2. The molecule has 0 aromatic carbocycles. The molecule has 1 heterocycles. The zero-order valence-electron chi connectivity index (χ0n) is 15.7. The highest BCUT2D eigenvalue weighted by molar-refractivity contribution is 14.0. The molecule has 0 bridgehead atoms.